The van der Waals surface area contributed by atoms with Crippen molar-refractivity contribution in [3.63, 3.8) is 0 Å². The number of esters is 2. The fourth-order valence-corrected chi connectivity index (χ4v) is 16.9. The Hall–Kier alpha value is 2.25. The van der Waals surface area contributed by atoms with Gasteiger partial charge < -0.3 is 59.0 Å². The number of carbonyl (C=O) groups excluding carboxylic acids is 2. The molecule has 3 fully saturated rings. The molecule has 576 valence electrons. The van der Waals surface area contributed by atoms with Gasteiger partial charge in [-0.1, -0.05) is 328 Å². The zero-order valence-electron chi connectivity index (χ0n) is 71.4. The average Bonchev–Trinajstić information content (AvgIpc) is 1.57. The minimum Gasteiger partial charge on any atom is -0.693 e. The van der Waals surface area contributed by atoms with Gasteiger partial charge in [-0.3, -0.25) is 4.79 Å². The first kappa shape index (κ1) is 124. The van der Waals surface area contributed by atoms with Crippen LogP contribution in [0.1, 0.15) is 321 Å². The molecule has 3 aliphatic carbocycles. The molecule has 0 aromatic rings. The third-order valence-electron chi connectivity index (χ3n) is 18.2. The molecule has 18 heteroatoms. The average molecular weight is 1470 g/mol. The summed E-state index contributed by atoms with van der Waals surface area (Å²) in [6.45, 7) is 77.9. The third kappa shape index (κ3) is 45.3. The van der Waals surface area contributed by atoms with E-state index in [1.54, 1.807) is 0 Å². The molecule has 3 saturated carbocycles. The molecule has 0 amide bonds. The van der Waals surface area contributed by atoms with Gasteiger partial charge in [-0.25, -0.2) is 14.4 Å². The summed E-state index contributed by atoms with van der Waals surface area (Å²) in [6.07, 6.45) is 12.2. The van der Waals surface area contributed by atoms with Crippen molar-refractivity contribution in [1.82, 2.24) is 5.32 Å². The van der Waals surface area contributed by atoms with E-state index in [9.17, 15) is 29.4 Å². The first-order valence-corrected chi connectivity index (χ1v) is 35.0. The molecule has 3 rings (SSSR count). The first-order valence-electron chi connectivity index (χ1n) is 35.0. The molecular formula is C80H167K3N7O8-3. The Bertz CT molecular complexity index is 1890. The number of carboxylic acid groups (broad SMARTS) is 2. The van der Waals surface area contributed by atoms with E-state index in [0.717, 1.165) is 18.9 Å². The molecular weight excluding hydrogens is 1300 g/mol. The van der Waals surface area contributed by atoms with Gasteiger partial charge in [0.15, 0.2) is 0 Å². The number of aliphatic carboxylic acids is 2. The van der Waals surface area contributed by atoms with Crippen LogP contribution in [0, 0.1) is 89.7 Å². The number of rotatable bonds is 13. The number of ether oxygens (including phenoxy) is 2. The molecule has 15 nitrogen and oxygen atoms in total. The van der Waals surface area contributed by atoms with Gasteiger partial charge >= 0.3 is 178 Å². The second-order valence-corrected chi connectivity index (χ2v) is 38.3. The number of carbonyl (C=O) groups is 4. The molecule has 4 unspecified atom stereocenters. The van der Waals surface area contributed by atoms with Crippen molar-refractivity contribution < 1.29 is 193 Å². The molecule has 8 N–H and O–H groups in total. The molecule has 0 bridgehead atoms. The Morgan fingerprint density at radius 1 is 0.500 bits per heavy atom. The maximum Gasteiger partial charge on any atom is 1.00 e. The Morgan fingerprint density at radius 3 is 0.949 bits per heavy atom. The van der Waals surface area contributed by atoms with E-state index in [1.165, 1.54) is 38.5 Å². The quantitative estimate of drug-likeness (QED) is 0.0897. The third-order valence-corrected chi connectivity index (χ3v) is 18.2. The number of hydrogen-bond acceptors (Lipinski definition) is 7. The summed E-state index contributed by atoms with van der Waals surface area (Å²) in [5.74, 6) is -2.84. The number of nitrogens with zero attached hydrogens (tertiary/aromatic N) is 3. The second kappa shape index (κ2) is 52.4. The Morgan fingerprint density at radius 2 is 0.786 bits per heavy atom. The Kier molecular flexibility index (Phi) is 66.3. The standard InChI is InChI=1S/C17H28O4.C15H26NO4.C10H23N.3C10H22N.C6H12.2CH4.3K.2H2N/c1-8-12(18)21-17(14(19)20)10-9-11(15(2,3)4)13(17)16(5,6)7;1-9(2)11-5-7-15(14(18)19,13(11)10(3)4)20-12(17)6-8-16;4*1-9(2,3)8(11-7)10(4,5)6;1-2-4-6-5-3-1;;;;;;;/h8,11,13H,1,9-10H2,2-7H3,(H,19,20);9-11,13,16H,5-8H2,1-4H3,(H,18,19);8,11H,1-7H3;3*8H,1-7H3;1-6H2;2*1H4;;;;2*1H2/q;-1;;3*-1;;;;3*+1;2*-1/t11?,13?,17-;11?,13?,15-;;;;;;;;;;;;/m11............/s1. The number of nitrogens with one attached hydrogen (secondary N) is 2. The molecule has 0 radical (unpaired) electrons. The van der Waals surface area contributed by atoms with Crippen LogP contribution in [0.3, 0.4) is 0 Å². The predicted molar refractivity (Wildman–Crippen MR) is 417 cm³/mol. The van der Waals surface area contributed by atoms with Gasteiger partial charge in [0.05, 0.1) is 0 Å². The van der Waals surface area contributed by atoms with Crippen molar-refractivity contribution in [2.75, 3.05) is 34.7 Å². The maximum atomic E-state index is 12.0. The minimum atomic E-state index is -1.46. The van der Waals surface area contributed by atoms with Crippen LogP contribution in [0.25, 0.3) is 34.0 Å². The van der Waals surface area contributed by atoms with Gasteiger partial charge in [-0.2, -0.15) is 21.1 Å². The van der Waals surface area contributed by atoms with E-state index >= 15 is 0 Å². The van der Waals surface area contributed by atoms with Gasteiger partial charge in [0.1, 0.15) is 0 Å². The van der Waals surface area contributed by atoms with Crippen molar-refractivity contribution in [1.29, 1.82) is 0 Å². The topological polar surface area (TPSA) is 272 Å². The second-order valence-electron chi connectivity index (χ2n) is 38.3. The van der Waals surface area contributed by atoms with Gasteiger partial charge in [0, 0.05) is 30.4 Å². The van der Waals surface area contributed by atoms with Crippen LogP contribution in [0.4, 0.5) is 0 Å². The number of hydrogen-bond donors (Lipinski definition) is 3. The van der Waals surface area contributed by atoms with E-state index in [1.807, 2.05) is 62.8 Å². The summed E-state index contributed by atoms with van der Waals surface area (Å²) >= 11 is 0. The molecule has 0 heterocycles. The Labute approximate surface area is 739 Å². The summed E-state index contributed by atoms with van der Waals surface area (Å²) in [7, 11) is 7.80. The van der Waals surface area contributed by atoms with E-state index in [0.29, 0.717) is 53.8 Å². The number of carboxylic acids is 2. The summed E-state index contributed by atoms with van der Waals surface area (Å²) in [4.78, 5) is 47.3. The molecule has 6 atom stereocenters. The zero-order valence-corrected chi connectivity index (χ0v) is 80.8. The molecule has 0 spiro atoms. The van der Waals surface area contributed by atoms with Gasteiger partial charge in [-0.15, -0.1) is 24.7 Å². The summed E-state index contributed by atoms with van der Waals surface area (Å²) in [5, 5.41) is 36.2. The smallest absolute Gasteiger partial charge is 0.693 e. The van der Waals surface area contributed by atoms with Crippen LogP contribution >= 0.6 is 0 Å². The monoisotopic (exact) mass is 1470 g/mol. The molecule has 98 heavy (non-hydrogen) atoms. The van der Waals surface area contributed by atoms with Gasteiger partial charge in [-0.05, 0) is 78.1 Å². The van der Waals surface area contributed by atoms with Crippen LogP contribution in [-0.2, 0) is 28.7 Å². The van der Waals surface area contributed by atoms with Crippen molar-refractivity contribution in [2.45, 2.75) is 356 Å². The first-order chi connectivity index (χ1) is 40.4. The van der Waals surface area contributed by atoms with E-state index in [2.05, 4.69) is 229 Å². The van der Waals surface area contributed by atoms with E-state index < -0.39 is 35.1 Å². The molecule has 0 saturated heterocycles. The predicted octanol–water partition coefficient (Wildman–Crippen LogP) is 15.9. The normalized spacial score (nSPS) is 20.4. The van der Waals surface area contributed by atoms with Crippen molar-refractivity contribution in [3.8, 4) is 0 Å². The van der Waals surface area contributed by atoms with Crippen molar-refractivity contribution >= 4 is 23.9 Å². The van der Waals surface area contributed by atoms with Crippen LogP contribution in [0.2, 0.25) is 0 Å². The minimum absolute atomic E-state index is 0. The molecule has 0 aliphatic heterocycles. The summed E-state index contributed by atoms with van der Waals surface area (Å²) < 4.78 is 10.8. The van der Waals surface area contributed by atoms with Crippen LogP contribution in [0.5, 0.6) is 0 Å². The van der Waals surface area contributed by atoms with Crippen molar-refractivity contribution in [3.05, 3.63) is 46.6 Å². The molecule has 0 aromatic heterocycles. The maximum absolute atomic E-state index is 12.0. The summed E-state index contributed by atoms with van der Waals surface area (Å²) in [5.41, 5.74) is 6.27. The van der Waals surface area contributed by atoms with E-state index in [4.69, 9.17) is 15.2 Å². The van der Waals surface area contributed by atoms with Gasteiger partial charge in [0.2, 0.25) is 11.2 Å². The fraction of sp³-hybridized carbons (Fsp3) is 0.925. The Balaban J connectivity index is -0.000000102. The summed E-state index contributed by atoms with van der Waals surface area (Å²) in [6, 6.07) is 1.88. The van der Waals surface area contributed by atoms with Crippen LogP contribution < -0.4 is 159 Å². The van der Waals surface area contributed by atoms with E-state index in [-0.39, 0.29) is 267 Å². The zero-order chi connectivity index (χ0) is 73.5. The largest absolute Gasteiger partial charge is 1.00 e. The van der Waals surface area contributed by atoms with Crippen LogP contribution in [-0.4, -0.2) is 104 Å². The van der Waals surface area contributed by atoms with Crippen molar-refractivity contribution in [2.24, 2.45) is 89.7 Å². The molecule has 0 aromatic carbocycles. The molecule has 3 aliphatic rings. The number of nitrogens with two attached hydrogens (primary N) is 2. The van der Waals surface area contributed by atoms with Crippen LogP contribution in [0.15, 0.2) is 12.7 Å². The SMILES string of the molecule is C.C.C1CCCCC1.C=CC(=O)O[C@]1(C(=O)O)CCC(C(C)(C)C)C1C(C)(C)C.CC(C)C1CC[C@](OC(=O)CC[NH-])(C(=O)O)C1C(C)C.CNC(C(C)(C)C)C(C)(C)C.C[N-]C(C(C)(C)C)C(C)(C)C.C[N-]C(C(C)(C)C)C(C)(C)C.C[N-]C(C(C)(C)C)C(C)(C)C.[K+].[K+].[K+].[NH2-].[NH2-]. The van der Waals surface area contributed by atoms with Gasteiger partial charge in [0.25, 0.3) is 0 Å². The fourth-order valence-electron chi connectivity index (χ4n) is 16.9.